The number of aliphatic hydroxyl groups excluding tert-OH is 1. The molecule has 0 spiro atoms. The highest BCUT2D eigenvalue weighted by molar-refractivity contribution is 5.63. The van der Waals surface area contributed by atoms with Crippen LogP contribution in [0.3, 0.4) is 0 Å². The number of hydrogen-bond acceptors (Lipinski definition) is 8. The van der Waals surface area contributed by atoms with Gasteiger partial charge in [0.15, 0.2) is 5.82 Å². The number of aromatic nitrogens is 2. The summed E-state index contributed by atoms with van der Waals surface area (Å²) in [6.45, 7) is 6.17. The van der Waals surface area contributed by atoms with Crippen molar-refractivity contribution in [2.24, 2.45) is 5.92 Å². The summed E-state index contributed by atoms with van der Waals surface area (Å²) in [5.74, 6) is 3.10. The van der Waals surface area contributed by atoms with Crippen molar-refractivity contribution in [1.82, 2.24) is 15.3 Å². The normalized spacial score (nSPS) is 21.5. The number of benzene rings is 1. The average Bonchev–Trinajstić information content (AvgIpc) is 3.59. The molecule has 8 heteroatoms. The summed E-state index contributed by atoms with van der Waals surface area (Å²) >= 11 is 0. The molecule has 1 aromatic carbocycles. The Morgan fingerprint density at radius 1 is 1.08 bits per heavy atom. The predicted octanol–water partition coefficient (Wildman–Crippen LogP) is 3.14. The lowest BCUT2D eigenvalue weighted by molar-refractivity contribution is 0.0662. The molecule has 1 aromatic heterocycles. The summed E-state index contributed by atoms with van der Waals surface area (Å²) in [7, 11) is 1.82. The standard InChI is InChI=1S/C28H40N4O4/c1-19-26(14-20-8-11-34-12-9-20)30-27(21-4-3-5-25(15-21)36-18-24(33)16-29-2)31-28(19)32(22-6-7-22)23-10-13-35-17-23/h3-5,15,20,22-24,29,33H,6-14,16-18H2,1-2H3/t23-,24?/m1/s1. The van der Waals surface area contributed by atoms with Crippen molar-refractivity contribution < 1.29 is 19.3 Å². The van der Waals surface area contributed by atoms with Crippen LogP contribution >= 0.6 is 0 Å². The van der Waals surface area contributed by atoms with Gasteiger partial charge in [-0.3, -0.25) is 0 Å². The molecular weight excluding hydrogens is 456 g/mol. The summed E-state index contributed by atoms with van der Waals surface area (Å²) in [4.78, 5) is 12.9. The number of rotatable bonds is 11. The van der Waals surface area contributed by atoms with Crippen LogP contribution in [0, 0.1) is 12.8 Å². The zero-order chi connectivity index (χ0) is 24.9. The lowest BCUT2D eigenvalue weighted by Gasteiger charge is -2.32. The molecule has 3 heterocycles. The van der Waals surface area contributed by atoms with Gasteiger partial charge in [0.2, 0.25) is 0 Å². The fourth-order valence-corrected chi connectivity index (χ4v) is 5.30. The summed E-state index contributed by atoms with van der Waals surface area (Å²) < 4.78 is 17.3. The number of nitrogens with one attached hydrogen (secondary N) is 1. The van der Waals surface area contributed by atoms with Gasteiger partial charge >= 0.3 is 0 Å². The third-order valence-corrected chi connectivity index (χ3v) is 7.50. The summed E-state index contributed by atoms with van der Waals surface area (Å²) in [5.41, 5.74) is 3.28. The first kappa shape index (κ1) is 25.4. The smallest absolute Gasteiger partial charge is 0.161 e. The highest BCUT2D eigenvalue weighted by Gasteiger charge is 2.38. The Bertz CT molecular complexity index is 1000. The van der Waals surface area contributed by atoms with E-state index in [1.807, 2.05) is 31.3 Å². The van der Waals surface area contributed by atoms with Gasteiger partial charge in [-0.15, -0.1) is 0 Å². The minimum Gasteiger partial charge on any atom is -0.491 e. The van der Waals surface area contributed by atoms with Crippen molar-refractivity contribution in [1.29, 1.82) is 0 Å². The van der Waals surface area contributed by atoms with E-state index in [2.05, 4.69) is 17.1 Å². The number of ether oxygens (including phenoxy) is 3. The summed E-state index contributed by atoms with van der Waals surface area (Å²) in [5, 5.41) is 13.0. The Balaban J connectivity index is 1.48. The summed E-state index contributed by atoms with van der Waals surface area (Å²) in [6, 6.07) is 8.83. The number of hydrogen-bond donors (Lipinski definition) is 2. The maximum Gasteiger partial charge on any atom is 0.161 e. The Morgan fingerprint density at radius 3 is 2.61 bits per heavy atom. The van der Waals surface area contributed by atoms with Crippen LogP contribution in [0.4, 0.5) is 5.82 Å². The molecule has 36 heavy (non-hydrogen) atoms. The van der Waals surface area contributed by atoms with E-state index in [-0.39, 0.29) is 6.61 Å². The minimum atomic E-state index is -0.562. The first-order valence-electron chi connectivity index (χ1n) is 13.5. The molecule has 3 fully saturated rings. The Labute approximate surface area is 214 Å². The molecule has 1 saturated carbocycles. The minimum absolute atomic E-state index is 0.233. The third-order valence-electron chi connectivity index (χ3n) is 7.50. The van der Waals surface area contributed by atoms with Gasteiger partial charge in [0, 0.05) is 49.2 Å². The molecule has 2 N–H and O–H groups in total. The third kappa shape index (κ3) is 6.17. The van der Waals surface area contributed by atoms with Gasteiger partial charge in [-0.25, -0.2) is 9.97 Å². The van der Waals surface area contributed by atoms with Crippen LogP contribution in [0.5, 0.6) is 5.75 Å². The molecular formula is C28H40N4O4. The number of nitrogens with zero attached hydrogens (tertiary/aromatic N) is 3. The fraction of sp³-hybridized carbons (Fsp3) is 0.643. The highest BCUT2D eigenvalue weighted by Crippen LogP contribution is 2.38. The van der Waals surface area contributed by atoms with Gasteiger partial charge in [-0.2, -0.15) is 0 Å². The molecule has 2 saturated heterocycles. The van der Waals surface area contributed by atoms with Gasteiger partial charge < -0.3 is 29.5 Å². The van der Waals surface area contributed by atoms with E-state index in [0.717, 1.165) is 75.0 Å². The average molecular weight is 497 g/mol. The quantitative estimate of drug-likeness (QED) is 0.491. The molecule has 1 unspecified atom stereocenters. The van der Waals surface area contributed by atoms with E-state index in [0.29, 0.717) is 30.3 Å². The van der Waals surface area contributed by atoms with E-state index < -0.39 is 6.10 Å². The number of aliphatic hydroxyl groups is 1. The number of likely N-dealkylation sites (N-methyl/N-ethyl adjacent to an activating group) is 1. The van der Waals surface area contributed by atoms with Crippen LogP contribution in [0.1, 0.15) is 43.4 Å². The van der Waals surface area contributed by atoms with Crippen molar-refractivity contribution >= 4 is 5.82 Å². The van der Waals surface area contributed by atoms with Crippen molar-refractivity contribution in [3.8, 4) is 17.1 Å². The zero-order valence-corrected chi connectivity index (χ0v) is 21.6. The van der Waals surface area contributed by atoms with E-state index in [1.165, 1.54) is 18.4 Å². The van der Waals surface area contributed by atoms with Crippen LogP contribution in [-0.4, -0.2) is 79.9 Å². The van der Waals surface area contributed by atoms with Gasteiger partial charge in [0.25, 0.3) is 0 Å². The second-order valence-electron chi connectivity index (χ2n) is 10.4. The maximum atomic E-state index is 10.0. The topological polar surface area (TPSA) is 89.0 Å². The molecule has 2 aliphatic heterocycles. The van der Waals surface area contributed by atoms with Crippen LogP contribution in [-0.2, 0) is 15.9 Å². The second-order valence-corrected chi connectivity index (χ2v) is 10.4. The first-order valence-corrected chi connectivity index (χ1v) is 13.5. The van der Waals surface area contributed by atoms with Gasteiger partial charge in [0.05, 0.1) is 12.6 Å². The van der Waals surface area contributed by atoms with Crippen molar-refractivity contribution in [3.05, 3.63) is 35.5 Å². The molecule has 0 bridgehead atoms. The molecule has 1 aliphatic carbocycles. The van der Waals surface area contributed by atoms with Crippen molar-refractivity contribution in [2.75, 3.05) is 51.5 Å². The van der Waals surface area contributed by atoms with Gasteiger partial charge in [-0.05, 0) is 70.5 Å². The molecule has 196 valence electrons. The molecule has 8 nitrogen and oxygen atoms in total. The monoisotopic (exact) mass is 496 g/mol. The summed E-state index contributed by atoms with van der Waals surface area (Å²) in [6.07, 6.45) is 6.01. The molecule has 5 rings (SSSR count). The predicted molar refractivity (Wildman–Crippen MR) is 140 cm³/mol. The lowest BCUT2D eigenvalue weighted by Crippen LogP contribution is -2.39. The second kappa shape index (κ2) is 11.9. The molecule has 0 amide bonds. The van der Waals surface area contributed by atoms with Gasteiger partial charge in [0.1, 0.15) is 24.3 Å². The maximum absolute atomic E-state index is 10.0. The van der Waals surface area contributed by atoms with E-state index in [1.54, 1.807) is 0 Å². The fourth-order valence-electron chi connectivity index (χ4n) is 5.30. The highest BCUT2D eigenvalue weighted by atomic mass is 16.5. The van der Waals surface area contributed by atoms with Crippen molar-refractivity contribution in [2.45, 2.75) is 63.6 Å². The van der Waals surface area contributed by atoms with E-state index in [9.17, 15) is 5.11 Å². The van der Waals surface area contributed by atoms with Crippen LogP contribution in [0.2, 0.25) is 0 Å². The van der Waals surface area contributed by atoms with Crippen LogP contribution in [0.15, 0.2) is 24.3 Å². The molecule has 2 aromatic rings. The first-order chi connectivity index (χ1) is 17.6. The number of anilines is 1. The Hall–Kier alpha value is -2.26. The van der Waals surface area contributed by atoms with Crippen LogP contribution in [0.25, 0.3) is 11.4 Å². The van der Waals surface area contributed by atoms with E-state index >= 15 is 0 Å². The van der Waals surface area contributed by atoms with Crippen LogP contribution < -0.4 is 15.0 Å². The molecule has 0 radical (unpaired) electrons. The molecule has 3 aliphatic rings. The SMILES string of the molecule is CNCC(O)COc1cccc(-c2nc(CC3CCOCC3)c(C)c(N(C3CC3)[C@@H]3CCOC3)n2)c1. The van der Waals surface area contributed by atoms with E-state index in [4.69, 9.17) is 24.2 Å². The zero-order valence-electron chi connectivity index (χ0n) is 21.6. The Morgan fingerprint density at radius 2 is 1.89 bits per heavy atom. The lowest BCUT2D eigenvalue weighted by atomic mass is 9.93. The Kier molecular flexibility index (Phi) is 8.36. The van der Waals surface area contributed by atoms with Gasteiger partial charge in [-0.1, -0.05) is 12.1 Å². The van der Waals surface area contributed by atoms with Crippen molar-refractivity contribution in [3.63, 3.8) is 0 Å². The molecule has 2 atom stereocenters. The largest absolute Gasteiger partial charge is 0.491 e.